The van der Waals surface area contributed by atoms with Gasteiger partial charge in [0.25, 0.3) is 12.3 Å². The average molecular weight is 819 g/mol. The smallest absolute Gasteiger partial charge is 0.293 e. The zero-order chi connectivity index (χ0) is 40.6. The van der Waals surface area contributed by atoms with E-state index >= 15 is 8.78 Å². The third kappa shape index (κ3) is 7.54. The number of alkyl halides is 4. The molecule has 7 rings (SSSR count). The lowest BCUT2D eigenvalue weighted by Crippen LogP contribution is -2.35. The maximum atomic E-state index is 15.4. The van der Waals surface area contributed by atoms with Gasteiger partial charge >= 0.3 is 0 Å². The number of anilines is 1. The Hall–Kier alpha value is -5.12. The van der Waals surface area contributed by atoms with Gasteiger partial charge in [-0.05, 0) is 74.4 Å². The number of nitrogens with zero attached hydrogens (tertiary/aromatic N) is 5. The van der Waals surface area contributed by atoms with Gasteiger partial charge in [-0.15, -0.1) is 0 Å². The average Bonchev–Trinajstić information content (AvgIpc) is 3.62. The van der Waals surface area contributed by atoms with Crippen LogP contribution in [0, 0.1) is 29.4 Å². The van der Waals surface area contributed by atoms with Gasteiger partial charge in [0.15, 0.2) is 5.82 Å². The minimum absolute atomic E-state index is 0.0271. The van der Waals surface area contributed by atoms with Gasteiger partial charge in [-0.1, -0.05) is 23.6 Å². The van der Waals surface area contributed by atoms with Crippen LogP contribution in [0.3, 0.4) is 0 Å². The van der Waals surface area contributed by atoms with E-state index in [1.807, 2.05) is 0 Å². The normalized spacial score (nSPS) is 17.7. The first-order chi connectivity index (χ1) is 26.1. The van der Waals surface area contributed by atoms with Crippen molar-refractivity contribution in [3.63, 3.8) is 0 Å². The number of sulfonamides is 1. The summed E-state index contributed by atoms with van der Waals surface area (Å²) in [6.07, 6.45) is -2.51. The Balaban J connectivity index is 1.39. The molecule has 2 aliphatic carbocycles. The molecule has 0 spiro atoms. The monoisotopic (exact) mass is 818 g/mol. The van der Waals surface area contributed by atoms with Gasteiger partial charge in [0.05, 0.1) is 39.5 Å². The lowest BCUT2D eigenvalue weighted by atomic mass is 9.93. The van der Waals surface area contributed by atoms with E-state index in [0.29, 0.717) is 27.4 Å². The summed E-state index contributed by atoms with van der Waals surface area (Å²) >= 11 is 6.58. The van der Waals surface area contributed by atoms with Crippen LogP contribution in [-0.4, -0.2) is 50.7 Å². The van der Waals surface area contributed by atoms with E-state index in [9.17, 15) is 30.8 Å². The molecule has 19 heteroatoms. The van der Waals surface area contributed by atoms with Crippen LogP contribution in [0.4, 0.5) is 32.2 Å². The molecule has 0 aliphatic heterocycles. The number of benzene rings is 2. The molecule has 0 saturated heterocycles. The number of carbonyl (C=O) groups excluding carboxylic acids is 1. The quantitative estimate of drug-likeness (QED) is 0.108. The highest BCUT2D eigenvalue weighted by Gasteiger charge is 2.67. The largest absolute Gasteiger partial charge is 0.346 e. The minimum atomic E-state index is -3.82. The second kappa shape index (κ2) is 13.8. The Bertz CT molecular complexity index is 2590. The first kappa shape index (κ1) is 39.1. The van der Waals surface area contributed by atoms with Crippen LogP contribution in [0.2, 0.25) is 5.02 Å². The van der Waals surface area contributed by atoms with Gasteiger partial charge in [0, 0.05) is 35.7 Å². The zero-order valence-corrected chi connectivity index (χ0v) is 31.6. The molecule has 5 aromatic rings. The molecule has 3 aromatic heterocycles. The van der Waals surface area contributed by atoms with Crippen molar-refractivity contribution in [3.05, 3.63) is 93.0 Å². The predicted molar refractivity (Wildman–Crippen MR) is 195 cm³/mol. The Kier molecular flexibility index (Phi) is 9.65. The molecule has 294 valence electrons. The van der Waals surface area contributed by atoms with E-state index < -0.39 is 81.3 Å². The topological polar surface area (TPSA) is 150 Å². The highest BCUT2D eigenvalue weighted by atomic mass is 35.5. The Labute approximate surface area is 321 Å². The summed E-state index contributed by atoms with van der Waals surface area (Å²) in [7, 11) is -2.28. The lowest BCUT2D eigenvalue weighted by Gasteiger charge is -2.23. The predicted octanol–water partition coefficient (Wildman–Crippen LogP) is 6.47. The van der Waals surface area contributed by atoms with Gasteiger partial charge in [-0.25, -0.2) is 31.0 Å². The number of rotatable bonds is 10. The van der Waals surface area contributed by atoms with Crippen LogP contribution in [-0.2, 0) is 40.8 Å². The minimum Gasteiger partial charge on any atom is -0.346 e. The molecule has 0 radical (unpaired) electrons. The third-order valence-electron chi connectivity index (χ3n) is 9.43. The van der Waals surface area contributed by atoms with Crippen molar-refractivity contribution < 1.29 is 39.6 Å². The molecule has 1 unspecified atom stereocenters. The number of hydrogen-bond donors (Lipinski definition) is 3. The molecule has 1 amide bonds. The summed E-state index contributed by atoms with van der Waals surface area (Å²) in [6.45, 7) is 2.41. The van der Waals surface area contributed by atoms with Gasteiger partial charge in [0.1, 0.15) is 35.3 Å². The molecule has 1 fully saturated rings. The van der Waals surface area contributed by atoms with Crippen molar-refractivity contribution >= 4 is 44.3 Å². The number of hydrogen-bond acceptors (Lipinski definition) is 7. The van der Waals surface area contributed by atoms with E-state index in [2.05, 4.69) is 32.1 Å². The molecular weight excluding hydrogens is 786 g/mol. The number of amides is 1. The fraction of sp³-hybridized carbons (Fsp3) is 0.351. The number of pyridine rings is 1. The number of fused-ring (bicyclic) bond motifs is 4. The second-order valence-electron chi connectivity index (χ2n) is 14.5. The Morgan fingerprint density at radius 3 is 2.41 bits per heavy atom. The fourth-order valence-corrected chi connectivity index (χ4v) is 7.98. The molecule has 56 heavy (non-hydrogen) atoms. The SMILES string of the molecule is Cn1nc(NS(C)(=O)=O)c2c(Cl)ccc(-c3ccc(C#CC(C)(C)N)nc3[C@H](Cc3cc(F)cc(F)c3)NC(=O)Cn3nc(C(F)F)c4c3C(F)(F)[C@@H]3CC43)c21. The molecule has 2 aliphatic rings. The fourth-order valence-electron chi connectivity index (χ4n) is 7.24. The number of halogens is 7. The number of aromatic nitrogens is 5. The molecular formula is C37H33ClF6N8O3S. The van der Waals surface area contributed by atoms with Crippen LogP contribution < -0.4 is 15.8 Å². The molecule has 3 atom stereocenters. The van der Waals surface area contributed by atoms with Crippen molar-refractivity contribution in [2.24, 2.45) is 18.7 Å². The number of nitrogens with two attached hydrogens (primary N) is 1. The lowest BCUT2D eigenvalue weighted by molar-refractivity contribution is -0.123. The molecule has 11 nitrogen and oxygen atoms in total. The van der Waals surface area contributed by atoms with Gasteiger partial charge < -0.3 is 11.1 Å². The van der Waals surface area contributed by atoms with E-state index in [0.717, 1.165) is 18.4 Å². The van der Waals surface area contributed by atoms with Crippen molar-refractivity contribution in [1.82, 2.24) is 29.9 Å². The summed E-state index contributed by atoms with van der Waals surface area (Å²) in [6, 6.07) is 7.68. The Morgan fingerprint density at radius 2 is 1.77 bits per heavy atom. The highest BCUT2D eigenvalue weighted by molar-refractivity contribution is 7.92. The van der Waals surface area contributed by atoms with Crippen LogP contribution in [0.25, 0.3) is 22.0 Å². The third-order valence-corrected chi connectivity index (χ3v) is 10.3. The van der Waals surface area contributed by atoms with Crippen molar-refractivity contribution in [1.29, 1.82) is 0 Å². The van der Waals surface area contributed by atoms with Crippen molar-refractivity contribution in [3.8, 4) is 23.0 Å². The maximum absolute atomic E-state index is 15.4. The first-order valence-electron chi connectivity index (χ1n) is 17.1. The molecule has 3 heterocycles. The van der Waals surface area contributed by atoms with Gasteiger partial charge in [-0.2, -0.15) is 19.0 Å². The molecule has 4 N–H and O–H groups in total. The number of aryl methyl sites for hydroxylation is 1. The van der Waals surface area contributed by atoms with Gasteiger partial charge in [0.2, 0.25) is 15.9 Å². The Morgan fingerprint density at radius 1 is 1.09 bits per heavy atom. The molecule has 1 saturated carbocycles. The van der Waals surface area contributed by atoms with E-state index in [-0.39, 0.29) is 51.6 Å². The van der Waals surface area contributed by atoms with E-state index in [4.69, 9.17) is 22.3 Å². The summed E-state index contributed by atoms with van der Waals surface area (Å²) in [5.41, 5.74) is 4.61. The number of nitrogens with one attached hydrogen (secondary N) is 2. The molecule has 0 bridgehead atoms. The first-order valence-corrected chi connectivity index (χ1v) is 19.4. The van der Waals surface area contributed by atoms with E-state index in [1.165, 1.54) is 17.8 Å². The summed E-state index contributed by atoms with van der Waals surface area (Å²) in [4.78, 5) is 18.7. The van der Waals surface area contributed by atoms with Crippen LogP contribution >= 0.6 is 11.6 Å². The zero-order valence-electron chi connectivity index (χ0n) is 30.1. The summed E-state index contributed by atoms with van der Waals surface area (Å²) in [5, 5.41) is 11.1. The van der Waals surface area contributed by atoms with Crippen molar-refractivity contribution in [2.75, 3.05) is 11.0 Å². The second-order valence-corrected chi connectivity index (χ2v) is 16.7. The van der Waals surface area contributed by atoms with Crippen LogP contribution in [0.5, 0.6) is 0 Å². The van der Waals surface area contributed by atoms with Gasteiger partial charge in [-0.3, -0.25) is 18.9 Å². The summed E-state index contributed by atoms with van der Waals surface area (Å²) < 4.78 is 117. The van der Waals surface area contributed by atoms with Crippen LogP contribution in [0.1, 0.15) is 72.6 Å². The summed E-state index contributed by atoms with van der Waals surface area (Å²) in [5.74, 6) is -2.59. The standard InChI is InChI=1S/C37H33ClF6N8O3S/c1-36(2,45)10-9-20-5-6-21(22-7-8-25(38)29-32(22)51(3)49-35(29)50-56(4,54)55)30(46-20)26(13-17-11-18(39)14-19(40)12-17)47-27(53)16-52-33-28(31(48-52)34(41)42)23-15-24(23)37(33,43)44/h5-8,11-12,14,23-24,26,34H,13,15-16,45H2,1-4H3,(H,47,53)(H,49,50)/t23?,24-,26+/m1/s1. The maximum Gasteiger partial charge on any atom is 0.293 e. The number of carbonyl (C=O) groups is 1. The highest BCUT2D eigenvalue weighted by Crippen LogP contribution is 2.68. The molecule has 2 aromatic carbocycles. The van der Waals surface area contributed by atoms with E-state index in [1.54, 1.807) is 32.0 Å². The van der Waals surface area contributed by atoms with Crippen molar-refractivity contribution in [2.45, 2.75) is 63.1 Å². The van der Waals surface area contributed by atoms with Crippen LogP contribution in [0.15, 0.2) is 42.5 Å².